The van der Waals surface area contributed by atoms with Crippen LogP contribution < -0.4 is 4.72 Å². The Morgan fingerprint density at radius 2 is 1.52 bits per heavy atom. The van der Waals surface area contributed by atoms with Gasteiger partial charge in [-0.3, -0.25) is 4.72 Å². The highest BCUT2D eigenvalue weighted by molar-refractivity contribution is 7.97. The molecule has 4 rings (SSSR count). The van der Waals surface area contributed by atoms with Gasteiger partial charge in [0.05, 0.1) is 0 Å². The fourth-order valence-electron chi connectivity index (χ4n) is 3.97. The zero-order valence-electron chi connectivity index (χ0n) is 18.9. The van der Waals surface area contributed by atoms with Crippen molar-refractivity contribution in [3.63, 3.8) is 0 Å². The maximum Gasteiger partial charge on any atom is 0.0493 e. The topological polar surface area (TPSA) is 17.0 Å². The first-order valence-electron chi connectivity index (χ1n) is 11.2. The van der Waals surface area contributed by atoms with Crippen LogP contribution in [0.3, 0.4) is 0 Å². The second-order valence-electron chi connectivity index (χ2n) is 8.87. The van der Waals surface area contributed by atoms with Crippen LogP contribution in [0.25, 0.3) is 33.2 Å². The van der Waals surface area contributed by atoms with E-state index in [1.54, 1.807) is 11.9 Å². The van der Waals surface area contributed by atoms with E-state index >= 15 is 0 Å². The summed E-state index contributed by atoms with van der Waals surface area (Å²) in [5, 5.41) is 1.91. The van der Waals surface area contributed by atoms with E-state index in [2.05, 4.69) is 116 Å². The minimum absolute atomic E-state index is 0.590. The lowest BCUT2D eigenvalue weighted by Gasteiger charge is -2.09. The van der Waals surface area contributed by atoms with E-state index in [-0.39, 0.29) is 0 Å². The molecule has 0 aliphatic heterocycles. The molecule has 0 atom stereocenters. The number of rotatable bonds is 8. The Kier molecular flexibility index (Phi) is 6.84. The molecule has 0 aliphatic carbocycles. The largest absolute Gasteiger partial charge is 0.347 e. The summed E-state index contributed by atoms with van der Waals surface area (Å²) in [6.07, 6.45) is 2.33. The lowest BCUT2D eigenvalue weighted by atomic mass is 10.00. The van der Waals surface area contributed by atoms with Gasteiger partial charge in [-0.15, -0.1) is 0 Å². The van der Waals surface area contributed by atoms with Crippen LogP contribution >= 0.6 is 11.9 Å². The monoisotopic (exact) mass is 428 g/mol. The van der Waals surface area contributed by atoms with Crippen molar-refractivity contribution in [2.24, 2.45) is 5.92 Å². The van der Waals surface area contributed by atoms with Gasteiger partial charge in [0.15, 0.2) is 0 Å². The van der Waals surface area contributed by atoms with Gasteiger partial charge in [-0.05, 0) is 34.2 Å². The van der Waals surface area contributed by atoms with E-state index < -0.39 is 0 Å². The average molecular weight is 429 g/mol. The third-order valence-electron chi connectivity index (χ3n) is 5.41. The number of benzene rings is 3. The van der Waals surface area contributed by atoms with Crippen LogP contribution in [0.4, 0.5) is 0 Å². The zero-order chi connectivity index (χ0) is 21.8. The number of fused-ring (bicyclic) bond motifs is 1. The lowest BCUT2D eigenvalue weighted by molar-refractivity contribution is 0.535. The van der Waals surface area contributed by atoms with Crippen molar-refractivity contribution in [2.75, 3.05) is 0 Å². The third-order valence-corrected chi connectivity index (χ3v) is 6.19. The molecule has 0 aliphatic rings. The van der Waals surface area contributed by atoms with Gasteiger partial charge >= 0.3 is 0 Å². The Labute approximate surface area is 190 Å². The molecule has 0 spiro atoms. The molecular weight excluding hydrogens is 396 g/mol. The predicted molar refractivity (Wildman–Crippen MR) is 137 cm³/mol. The first-order chi connectivity index (χ1) is 15.0. The maximum absolute atomic E-state index is 3.45. The quantitative estimate of drug-likeness (QED) is 0.289. The van der Waals surface area contributed by atoms with Crippen molar-refractivity contribution >= 4 is 22.9 Å². The van der Waals surface area contributed by atoms with Crippen molar-refractivity contribution in [3.05, 3.63) is 84.6 Å². The van der Waals surface area contributed by atoms with Crippen molar-refractivity contribution in [1.29, 1.82) is 0 Å². The average Bonchev–Trinajstić information content (AvgIpc) is 3.12. The Hall–Kier alpha value is -2.49. The Balaban J connectivity index is 1.69. The summed E-state index contributed by atoms with van der Waals surface area (Å²) in [6.45, 7) is 10.9. The van der Waals surface area contributed by atoms with Crippen LogP contribution in [0, 0.1) is 5.92 Å². The van der Waals surface area contributed by atoms with E-state index in [9.17, 15) is 0 Å². The molecule has 31 heavy (non-hydrogen) atoms. The third kappa shape index (κ3) is 5.23. The van der Waals surface area contributed by atoms with Crippen molar-refractivity contribution in [1.82, 2.24) is 9.29 Å². The summed E-state index contributed by atoms with van der Waals surface area (Å²) in [5.74, 6) is 0.593. The van der Waals surface area contributed by atoms with Gasteiger partial charge < -0.3 is 4.57 Å². The van der Waals surface area contributed by atoms with Crippen molar-refractivity contribution in [2.45, 2.75) is 46.0 Å². The number of hydrogen-bond donors (Lipinski definition) is 1. The highest BCUT2D eigenvalue weighted by atomic mass is 32.2. The van der Waals surface area contributed by atoms with E-state index in [4.69, 9.17) is 0 Å². The van der Waals surface area contributed by atoms with E-state index in [0.29, 0.717) is 11.2 Å². The predicted octanol–water partition coefficient (Wildman–Crippen LogP) is 7.78. The van der Waals surface area contributed by atoms with E-state index in [1.807, 2.05) is 0 Å². The standard InChI is InChI=1S/C28H32N2S/c1-20(2)18-30-19-27(24-12-10-22(11-13-24)17-29-31-21(3)4)26-15-14-25(16-28(26)30)23-8-6-5-7-9-23/h5-16,19-21,29H,17-18H2,1-4H3. The highest BCUT2D eigenvalue weighted by Crippen LogP contribution is 2.34. The fourth-order valence-corrected chi connectivity index (χ4v) is 4.55. The van der Waals surface area contributed by atoms with Crippen LogP contribution in [0.15, 0.2) is 79.0 Å². The smallest absolute Gasteiger partial charge is 0.0493 e. The molecule has 0 fully saturated rings. The molecule has 0 saturated carbocycles. The van der Waals surface area contributed by atoms with Crippen LogP contribution in [0.1, 0.15) is 33.3 Å². The molecule has 0 radical (unpaired) electrons. The van der Waals surface area contributed by atoms with E-state index in [1.165, 1.54) is 38.7 Å². The molecule has 0 unspecified atom stereocenters. The Morgan fingerprint density at radius 1 is 0.806 bits per heavy atom. The highest BCUT2D eigenvalue weighted by Gasteiger charge is 2.13. The summed E-state index contributed by atoms with van der Waals surface area (Å²) >= 11 is 1.78. The summed E-state index contributed by atoms with van der Waals surface area (Å²) in [5.41, 5.74) is 7.75. The number of aromatic nitrogens is 1. The molecular formula is C28H32N2S. The SMILES string of the molecule is CC(C)Cn1cc(-c2ccc(CNSC(C)C)cc2)c2ccc(-c3ccccc3)cc21. The first-order valence-corrected chi connectivity index (χ1v) is 12.1. The van der Waals surface area contributed by atoms with Crippen molar-refractivity contribution < 1.29 is 0 Å². The first kappa shape index (κ1) is 21.7. The normalized spacial score (nSPS) is 11.7. The second-order valence-corrected chi connectivity index (χ2v) is 10.3. The Morgan fingerprint density at radius 3 is 2.19 bits per heavy atom. The summed E-state index contributed by atoms with van der Waals surface area (Å²) in [6, 6.07) is 26.5. The van der Waals surface area contributed by atoms with Gasteiger partial charge in [-0.25, -0.2) is 0 Å². The molecule has 3 heteroatoms. The molecule has 3 aromatic carbocycles. The lowest BCUT2D eigenvalue weighted by Crippen LogP contribution is -2.06. The number of nitrogens with one attached hydrogen (secondary N) is 1. The van der Waals surface area contributed by atoms with Gasteiger partial charge in [0, 0.05) is 41.0 Å². The molecule has 4 aromatic rings. The van der Waals surface area contributed by atoms with Gasteiger partial charge in [0.1, 0.15) is 0 Å². The zero-order valence-corrected chi connectivity index (χ0v) is 19.7. The molecule has 0 amide bonds. The maximum atomic E-state index is 3.45. The van der Waals surface area contributed by atoms with Crippen LogP contribution in [0.5, 0.6) is 0 Å². The summed E-state index contributed by atoms with van der Waals surface area (Å²) in [7, 11) is 0. The summed E-state index contributed by atoms with van der Waals surface area (Å²) in [4.78, 5) is 0. The van der Waals surface area contributed by atoms with E-state index in [0.717, 1.165) is 13.1 Å². The number of nitrogens with zero attached hydrogens (tertiary/aromatic N) is 1. The van der Waals surface area contributed by atoms with Gasteiger partial charge in [0.2, 0.25) is 0 Å². The molecule has 0 saturated heterocycles. The second kappa shape index (κ2) is 9.76. The minimum Gasteiger partial charge on any atom is -0.347 e. The molecule has 1 N–H and O–H groups in total. The van der Waals surface area contributed by atoms with Crippen LogP contribution in [0.2, 0.25) is 0 Å². The summed E-state index contributed by atoms with van der Waals surface area (Å²) < 4.78 is 5.88. The fraction of sp³-hybridized carbons (Fsp3) is 0.286. The van der Waals surface area contributed by atoms with Crippen molar-refractivity contribution in [3.8, 4) is 22.3 Å². The number of hydrogen-bond acceptors (Lipinski definition) is 2. The molecule has 1 aromatic heterocycles. The molecule has 160 valence electrons. The molecule has 2 nitrogen and oxygen atoms in total. The van der Waals surface area contributed by atoms with Crippen LogP contribution in [-0.2, 0) is 13.1 Å². The Bertz CT molecular complexity index is 1130. The molecule has 1 heterocycles. The van der Waals surface area contributed by atoms with Gasteiger partial charge in [0.25, 0.3) is 0 Å². The van der Waals surface area contributed by atoms with Gasteiger partial charge in [-0.2, -0.15) is 0 Å². The minimum atomic E-state index is 0.590. The molecule has 0 bridgehead atoms. The van der Waals surface area contributed by atoms with Crippen LogP contribution in [-0.4, -0.2) is 9.82 Å². The van der Waals surface area contributed by atoms with Gasteiger partial charge in [-0.1, -0.05) is 106 Å².